The summed E-state index contributed by atoms with van der Waals surface area (Å²) >= 11 is 0. The van der Waals surface area contributed by atoms with E-state index in [-0.39, 0.29) is 12.0 Å². The van der Waals surface area contributed by atoms with Gasteiger partial charge in [0.1, 0.15) is 0 Å². The van der Waals surface area contributed by atoms with Crippen molar-refractivity contribution >= 4 is 5.97 Å². The van der Waals surface area contributed by atoms with E-state index in [0.717, 1.165) is 12.1 Å². The van der Waals surface area contributed by atoms with Gasteiger partial charge in [-0.1, -0.05) is 6.07 Å². The number of carboxylic acid groups (broad SMARTS) is 1. The fraction of sp³-hybridized carbons (Fsp3) is 0.300. The normalized spacial score (nSPS) is 23.9. The molecule has 2 nitrogen and oxygen atoms in total. The SMILES string of the molecule is O=C(O)[C@H]1C[C@@H]1c1ccc(F)c(F)c1F. The molecule has 1 aromatic carbocycles. The van der Waals surface area contributed by atoms with Crippen molar-refractivity contribution in [3.63, 3.8) is 0 Å². The van der Waals surface area contributed by atoms with E-state index in [1.54, 1.807) is 0 Å². The second-order valence-electron chi connectivity index (χ2n) is 3.55. The van der Waals surface area contributed by atoms with Crippen molar-refractivity contribution in [2.24, 2.45) is 5.92 Å². The van der Waals surface area contributed by atoms with Crippen LogP contribution in [0.2, 0.25) is 0 Å². The molecule has 0 spiro atoms. The Bertz CT molecular complexity index is 431. The van der Waals surface area contributed by atoms with Crippen molar-refractivity contribution < 1.29 is 23.1 Å². The van der Waals surface area contributed by atoms with Crippen molar-refractivity contribution in [2.45, 2.75) is 12.3 Å². The van der Waals surface area contributed by atoms with E-state index in [4.69, 9.17) is 5.11 Å². The molecule has 80 valence electrons. The predicted octanol–water partition coefficient (Wildman–Crippen LogP) is 2.29. The Labute approximate surface area is 83.3 Å². The summed E-state index contributed by atoms with van der Waals surface area (Å²) in [5, 5.41) is 8.61. The first-order chi connectivity index (χ1) is 7.02. The number of aliphatic carboxylic acids is 1. The number of hydrogen-bond acceptors (Lipinski definition) is 1. The number of carboxylic acids is 1. The molecule has 0 aliphatic heterocycles. The lowest BCUT2D eigenvalue weighted by Crippen LogP contribution is -2.02. The molecule has 0 aromatic heterocycles. The quantitative estimate of drug-likeness (QED) is 0.770. The van der Waals surface area contributed by atoms with Crippen LogP contribution in [0.4, 0.5) is 13.2 Å². The van der Waals surface area contributed by atoms with Crippen molar-refractivity contribution in [1.82, 2.24) is 0 Å². The number of carbonyl (C=O) groups is 1. The first kappa shape index (κ1) is 10.0. The third-order valence-corrected chi connectivity index (χ3v) is 2.57. The zero-order chi connectivity index (χ0) is 11.2. The van der Waals surface area contributed by atoms with Crippen LogP contribution in [0.15, 0.2) is 12.1 Å². The van der Waals surface area contributed by atoms with Crippen LogP contribution >= 0.6 is 0 Å². The third-order valence-electron chi connectivity index (χ3n) is 2.57. The smallest absolute Gasteiger partial charge is 0.307 e. The van der Waals surface area contributed by atoms with Gasteiger partial charge in [0, 0.05) is 5.92 Å². The summed E-state index contributed by atoms with van der Waals surface area (Å²) in [6.45, 7) is 0. The van der Waals surface area contributed by atoms with Crippen LogP contribution in [0.25, 0.3) is 0 Å². The van der Waals surface area contributed by atoms with Gasteiger partial charge < -0.3 is 5.11 Å². The fourth-order valence-corrected chi connectivity index (χ4v) is 1.64. The Kier molecular flexibility index (Phi) is 2.17. The Morgan fingerprint density at radius 3 is 2.47 bits per heavy atom. The summed E-state index contributed by atoms with van der Waals surface area (Å²) < 4.78 is 38.6. The highest BCUT2D eigenvalue weighted by atomic mass is 19.2. The first-order valence-corrected chi connectivity index (χ1v) is 4.38. The molecule has 0 heterocycles. The molecule has 5 heteroatoms. The summed E-state index contributed by atoms with van der Waals surface area (Å²) in [4.78, 5) is 10.5. The molecule has 15 heavy (non-hydrogen) atoms. The molecular weight excluding hydrogens is 209 g/mol. The summed E-state index contributed by atoms with van der Waals surface area (Å²) in [6.07, 6.45) is 0.275. The Hall–Kier alpha value is -1.52. The van der Waals surface area contributed by atoms with Gasteiger partial charge in [-0.3, -0.25) is 4.79 Å². The highest BCUT2D eigenvalue weighted by molar-refractivity contribution is 5.75. The molecular formula is C10H7F3O2. The minimum absolute atomic E-state index is 0.0544. The lowest BCUT2D eigenvalue weighted by Gasteiger charge is -2.02. The summed E-state index contributed by atoms with van der Waals surface area (Å²) in [5.74, 6) is -6.32. The molecule has 1 aliphatic rings. The van der Waals surface area contributed by atoms with Crippen LogP contribution in [0, 0.1) is 23.4 Å². The largest absolute Gasteiger partial charge is 0.481 e. The molecule has 1 aromatic rings. The molecule has 1 saturated carbocycles. The standard InChI is InChI=1S/C10H7F3O2/c11-7-2-1-4(8(12)9(7)13)5-3-6(5)10(14)15/h1-2,5-6H,3H2,(H,14,15)/t5-,6+/m1/s1. The van der Waals surface area contributed by atoms with E-state index in [2.05, 4.69) is 0 Å². The van der Waals surface area contributed by atoms with Crippen molar-refractivity contribution in [2.75, 3.05) is 0 Å². The zero-order valence-corrected chi connectivity index (χ0v) is 7.51. The van der Waals surface area contributed by atoms with Gasteiger partial charge in [0.2, 0.25) is 0 Å². The number of rotatable bonds is 2. The third kappa shape index (κ3) is 1.58. The Morgan fingerprint density at radius 1 is 1.27 bits per heavy atom. The number of halogens is 3. The highest BCUT2D eigenvalue weighted by Gasteiger charge is 2.46. The average molecular weight is 216 g/mol. The van der Waals surface area contributed by atoms with Crippen LogP contribution in [0.3, 0.4) is 0 Å². The maximum Gasteiger partial charge on any atom is 0.307 e. The van der Waals surface area contributed by atoms with E-state index < -0.39 is 35.3 Å². The monoisotopic (exact) mass is 216 g/mol. The molecule has 1 N–H and O–H groups in total. The summed E-state index contributed by atoms with van der Waals surface area (Å²) in [7, 11) is 0. The van der Waals surface area contributed by atoms with Crippen LogP contribution in [-0.2, 0) is 4.79 Å². The maximum atomic E-state index is 13.2. The average Bonchev–Trinajstić information content (AvgIpc) is 2.94. The van der Waals surface area contributed by atoms with Crippen molar-refractivity contribution in [3.8, 4) is 0 Å². The molecule has 0 unspecified atom stereocenters. The van der Waals surface area contributed by atoms with Gasteiger partial charge in [-0.25, -0.2) is 13.2 Å². The molecule has 2 rings (SSSR count). The number of hydrogen-bond donors (Lipinski definition) is 1. The van der Waals surface area contributed by atoms with Crippen molar-refractivity contribution in [3.05, 3.63) is 35.1 Å². The minimum Gasteiger partial charge on any atom is -0.481 e. The molecule has 0 amide bonds. The van der Waals surface area contributed by atoms with Gasteiger partial charge >= 0.3 is 5.97 Å². The molecule has 1 fully saturated rings. The van der Waals surface area contributed by atoms with Crippen LogP contribution in [0.5, 0.6) is 0 Å². The topological polar surface area (TPSA) is 37.3 Å². The molecule has 0 saturated heterocycles. The lowest BCUT2D eigenvalue weighted by molar-refractivity contribution is -0.138. The molecule has 2 atom stereocenters. The lowest BCUT2D eigenvalue weighted by atomic mass is 10.1. The Morgan fingerprint density at radius 2 is 1.93 bits per heavy atom. The van der Waals surface area contributed by atoms with E-state index in [9.17, 15) is 18.0 Å². The van der Waals surface area contributed by atoms with Gasteiger partial charge in [0.05, 0.1) is 5.92 Å². The van der Waals surface area contributed by atoms with Gasteiger partial charge in [0.15, 0.2) is 17.5 Å². The van der Waals surface area contributed by atoms with E-state index in [0.29, 0.717) is 0 Å². The van der Waals surface area contributed by atoms with Crippen LogP contribution < -0.4 is 0 Å². The molecule has 0 radical (unpaired) electrons. The van der Waals surface area contributed by atoms with Crippen LogP contribution in [-0.4, -0.2) is 11.1 Å². The fourth-order valence-electron chi connectivity index (χ4n) is 1.64. The van der Waals surface area contributed by atoms with Gasteiger partial charge in [-0.2, -0.15) is 0 Å². The number of benzene rings is 1. The maximum absolute atomic E-state index is 13.2. The van der Waals surface area contributed by atoms with E-state index >= 15 is 0 Å². The van der Waals surface area contributed by atoms with E-state index in [1.807, 2.05) is 0 Å². The zero-order valence-electron chi connectivity index (χ0n) is 7.51. The van der Waals surface area contributed by atoms with Gasteiger partial charge in [-0.15, -0.1) is 0 Å². The second-order valence-corrected chi connectivity index (χ2v) is 3.55. The van der Waals surface area contributed by atoms with Crippen LogP contribution in [0.1, 0.15) is 17.9 Å². The summed E-state index contributed by atoms with van der Waals surface area (Å²) in [6, 6.07) is 1.91. The molecule has 0 bridgehead atoms. The highest BCUT2D eigenvalue weighted by Crippen LogP contribution is 2.48. The second kappa shape index (κ2) is 3.25. The first-order valence-electron chi connectivity index (χ1n) is 4.38. The predicted molar refractivity (Wildman–Crippen MR) is 44.8 cm³/mol. The van der Waals surface area contributed by atoms with Crippen molar-refractivity contribution in [1.29, 1.82) is 0 Å². The minimum atomic E-state index is -1.54. The van der Waals surface area contributed by atoms with Gasteiger partial charge in [-0.05, 0) is 18.1 Å². The van der Waals surface area contributed by atoms with Gasteiger partial charge in [0.25, 0.3) is 0 Å². The molecule has 1 aliphatic carbocycles. The Balaban J connectivity index is 2.32. The summed E-state index contributed by atoms with van der Waals surface area (Å²) in [5.41, 5.74) is -0.0544. The van der Waals surface area contributed by atoms with E-state index in [1.165, 1.54) is 0 Å².